The van der Waals surface area contributed by atoms with Gasteiger partial charge in [0.1, 0.15) is 0 Å². The highest BCUT2D eigenvalue weighted by Crippen LogP contribution is 2.49. The van der Waals surface area contributed by atoms with Gasteiger partial charge in [-0.25, -0.2) is 0 Å². The molecular formula is C14H24O3. The smallest absolute Gasteiger partial charge is 0.309 e. The first kappa shape index (κ1) is 12.9. The van der Waals surface area contributed by atoms with Crippen LogP contribution in [0.1, 0.15) is 58.3 Å². The van der Waals surface area contributed by atoms with E-state index in [-0.39, 0.29) is 0 Å². The van der Waals surface area contributed by atoms with Crippen molar-refractivity contribution in [2.24, 2.45) is 17.8 Å². The first-order chi connectivity index (χ1) is 8.07. The molecule has 2 aliphatic carbocycles. The van der Waals surface area contributed by atoms with E-state index in [1.165, 1.54) is 19.3 Å². The van der Waals surface area contributed by atoms with Crippen LogP contribution in [0.25, 0.3) is 0 Å². The molecule has 0 aromatic heterocycles. The summed E-state index contributed by atoms with van der Waals surface area (Å²) < 4.78 is 0. The Morgan fingerprint density at radius 1 is 1.35 bits per heavy atom. The van der Waals surface area contributed by atoms with Crippen molar-refractivity contribution < 1.29 is 15.0 Å². The lowest BCUT2D eigenvalue weighted by molar-refractivity contribution is -0.157. The van der Waals surface area contributed by atoms with Gasteiger partial charge in [0.15, 0.2) is 0 Å². The van der Waals surface area contributed by atoms with Gasteiger partial charge in [0.05, 0.1) is 11.5 Å². The van der Waals surface area contributed by atoms with Crippen LogP contribution in [0.15, 0.2) is 0 Å². The van der Waals surface area contributed by atoms with Gasteiger partial charge in [0, 0.05) is 0 Å². The molecule has 0 heterocycles. The molecule has 3 unspecified atom stereocenters. The summed E-state index contributed by atoms with van der Waals surface area (Å²) in [5, 5.41) is 20.0. The second kappa shape index (κ2) is 4.97. The molecule has 0 aliphatic heterocycles. The molecule has 98 valence electrons. The van der Waals surface area contributed by atoms with Crippen LogP contribution in [-0.2, 0) is 4.79 Å². The van der Waals surface area contributed by atoms with E-state index in [0.717, 1.165) is 18.8 Å². The Labute approximate surface area is 103 Å². The van der Waals surface area contributed by atoms with Crippen LogP contribution >= 0.6 is 0 Å². The molecule has 2 fully saturated rings. The maximum Gasteiger partial charge on any atom is 0.309 e. The van der Waals surface area contributed by atoms with Crippen molar-refractivity contribution in [1.29, 1.82) is 0 Å². The summed E-state index contributed by atoms with van der Waals surface area (Å²) in [6.45, 7) is 1.99. The molecule has 2 rings (SSSR count). The number of hydrogen-bond donors (Lipinski definition) is 2. The molecule has 0 aromatic rings. The molecule has 0 aromatic carbocycles. The minimum atomic E-state index is -0.937. The standard InChI is InChI=1S/C14H24O3/c1-2-4-12(13(15)16)14(17)8-3-5-11(9-14)10-6-7-10/h10-12,17H,2-9H2,1H3,(H,15,16). The molecule has 2 saturated carbocycles. The average molecular weight is 240 g/mol. The predicted molar refractivity (Wildman–Crippen MR) is 65.7 cm³/mol. The van der Waals surface area contributed by atoms with Gasteiger partial charge in [-0.15, -0.1) is 0 Å². The minimum Gasteiger partial charge on any atom is -0.481 e. The highest BCUT2D eigenvalue weighted by atomic mass is 16.4. The number of hydrogen-bond acceptors (Lipinski definition) is 2. The van der Waals surface area contributed by atoms with E-state index in [2.05, 4.69) is 0 Å². The fourth-order valence-corrected chi connectivity index (χ4v) is 3.53. The van der Waals surface area contributed by atoms with E-state index < -0.39 is 17.5 Å². The van der Waals surface area contributed by atoms with Gasteiger partial charge < -0.3 is 10.2 Å². The van der Waals surface area contributed by atoms with E-state index in [1.54, 1.807) is 0 Å². The number of carbonyl (C=O) groups is 1. The third-order valence-electron chi connectivity index (χ3n) is 4.61. The zero-order chi connectivity index (χ0) is 12.5. The first-order valence-electron chi connectivity index (χ1n) is 7.02. The first-order valence-corrected chi connectivity index (χ1v) is 7.02. The normalized spacial score (nSPS) is 35.5. The highest BCUT2D eigenvalue weighted by Gasteiger charge is 2.47. The van der Waals surface area contributed by atoms with E-state index >= 15 is 0 Å². The second-order valence-electron chi connectivity index (χ2n) is 5.98. The maximum absolute atomic E-state index is 11.3. The van der Waals surface area contributed by atoms with Crippen molar-refractivity contribution in [3.8, 4) is 0 Å². The van der Waals surface area contributed by atoms with Gasteiger partial charge in [0.2, 0.25) is 0 Å². The zero-order valence-corrected chi connectivity index (χ0v) is 10.7. The highest BCUT2D eigenvalue weighted by molar-refractivity contribution is 5.71. The van der Waals surface area contributed by atoms with E-state index in [0.29, 0.717) is 25.2 Å². The van der Waals surface area contributed by atoms with Crippen LogP contribution in [0, 0.1) is 17.8 Å². The fraction of sp³-hybridized carbons (Fsp3) is 0.929. The van der Waals surface area contributed by atoms with Crippen molar-refractivity contribution in [2.75, 3.05) is 0 Å². The van der Waals surface area contributed by atoms with Gasteiger partial charge in [-0.1, -0.05) is 19.8 Å². The molecule has 3 heteroatoms. The van der Waals surface area contributed by atoms with Gasteiger partial charge in [-0.3, -0.25) is 4.79 Å². The lowest BCUT2D eigenvalue weighted by Gasteiger charge is -2.41. The van der Waals surface area contributed by atoms with Crippen molar-refractivity contribution in [1.82, 2.24) is 0 Å². The van der Waals surface area contributed by atoms with Crippen LogP contribution in [0.5, 0.6) is 0 Å². The monoisotopic (exact) mass is 240 g/mol. The molecule has 0 amide bonds. The Bertz CT molecular complexity index is 285. The Hall–Kier alpha value is -0.570. The number of carboxylic acids is 1. The molecule has 0 spiro atoms. The van der Waals surface area contributed by atoms with E-state index in [9.17, 15) is 15.0 Å². The fourth-order valence-electron chi connectivity index (χ4n) is 3.53. The zero-order valence-electron chi connectivity index (χ0n) is 10.7. The van der Waals surface area contributed by atoms with E-state index in [1.807, 2.05) is 6.92 Å². The van der Waals surface area contributed by atoms with Crippen LogP contribution < -0.4 is 0 Å². The Morgan fingerprint density at radius 3 is 2.59 bits per heavy atom. The SMILES string of the molecule is CCCC(C(=O)O)C1(O)CCCC(C2CC2)C1. The summed E-state index contributed by atoms with van der Waals surface area (Å²) in [7, 11) is 0. The Morgan fingerprint density at radius 2 is 2.06 bits per heavy atom. The largest absolute Gasteiger partial charge is 0.481 e. The third kappa shape index (κ3) is 2.82. The Kier molecular flexibility index (Phi) is 3.76. The van der Waals surface area contributed by atoms with E-state index in [4.69, 9.17) is 0 Å². The molecule has 0 bridgehead atoms. The lowest BCUT2D eigenvalue weighted by atomic mass is 9.69. The Balaban J connectivity index is 2.05. The molecular weight excluding hydrogens is 216 g/mol. The second-order valence-corrected chi connectivity index (χ2v) is 5.98. The predicted octanol–water partition coefficient (Wildman–Crippen LogP) is 2.82. The van der Waals surface area contributed by atoms with Crippen LogP contribution in [0.4, 0.5) is 0 Å². The van der Waals surface area contributed by atoms with Crippen LogP contribution in [-0.4, -0.2) is 21.8 Å². The van der Waals surface area contributed by atoms with Crippen LogP contribution in [0.2, 0.25) is 0 Å². The number of aliphatic hydroxyl groups is 1. The molecule has 3 nitrogen and oxygen atoms in total. The van der Waals surface area contributed by atoms with Gasteiger partial charge in [-0.2, -0.15) is 0 Å². The molecule has 2 aliphatic rings. The maximum atomic E-state index is 11.3. The quantitative estimate of drug-likeness (QED) is 0.777. The van der Waals surface area contributed by atoms with Crippen molar-refractivity contribution in [2.45, 2.75) is 63.9 Å². The minimum absolute atomic E-state index is 0.561. The van der Waals surface area contributed by atoms with Gasteiger partial charge in [-0.05, 0) is 50.4 Å². The summed E-state index contributed by atoms with van der Waals surface area (Å²) in [6, 6.07) is 0. The summed E-state index contributed by atoms with van der Waals surface area (Å²) in [6.07, 6.45) is 7.56. The average Bonchev–Trinajstić information content (AvgIpc) is 3.09. The van der Waals surface area contributed by atoms with Gasteiger partial charge in [0.25, 0.3) is 0 Å². The number of aliphatic carboxylic acids is 1. The third-order valence-corrected chi connectivity index (χ3v) is 4.61. The molecule has 0 saturated heterocycles. The molecule has 0 radical (unpaired) electrons. The summed E-state index contributed by atoms with van der Waals surface area (Å²) in [5.41, 5.74) is -0.937. The summed E-state index contributed by atoms with van der Waals surface area (Å²) in [5.74, 6) is -0.0230. The number of rotatable bonds is 5. The van der Waals surface area contributed by atoms with Crippen LogP contribution in [0.3, 0.4) is 0 Å². The number of carboxylic acid groups (broad SMARTS) is 1. The van der Waals surface area contributed by atoms with Gasteiger partial charge >= 0.3 is 5.97 Å². The lowest BCUT2D eigenvalue weighted by Crippen LogP contribution is -2.46. The van der Waals surface area contributed by atoms with Crippen molar-refractivity contribution >= 4 is 5.97 Å². The molecule has 2 N–H and O–H groups in total. The molecule has 17 heavy (non-hydrogen) atoms. The molecule has 3 atom stereocenters. The van der Waals surface area contributed by atoms with Crippen molar-refractivity contribution in [3.63, 3.8) is 0 Å². The van der Waals surface area contributed by atoms with Crippen molar-refractivity contribution in [3.05, 3.63) is 0 Å². The summed E-state index contributed by atoms with van der Waals surface area (Å²) in [4.78, 5) is 11.3. The summed E-state index contributed by atoms with van der Waals surface area (Å²) >= 11 is 0. The topological polar surface area (TPSA) is 57.5 Å².